The quantitative estimate of drug-likeness (QED) is 0.793. The van der Waals surface area contributed by atoms with E-state index in [4.69, 9.17) is 5.11 Å². The van der Waals surface area contributed by atoms with Crippen LogP contribution in [0.4, 0.5) is 32.2 Å². The van der Waals surface area contributed by atoms with Crippen molar-refractivity contribution in [2.45, 2.75) is 37.8 Å². The second kappa shape index (κ2) is 5.13. The molecule has 1 N–H and O–H groups in total. The maximum Gasteiger partial charge on any atom is 0.471 e. The molecule has 6 nitrogen and oxygen atoms in total. The van der Waals surface area contributed by atoms with E-state index >= 15 is 0 Å². The summed E-state index contributed by atoms with van der Waals surface area (Å²) in [5, 5.41) is 12.0. The number of carboxylic acid groups (broad SMARTS) is 1. The van der Waals surface area contributed by atoms with Crippen LogP contribution in [-0.4, -0.2) is 45.2 Å². The number of hydrogen-bond acceptors (Lipinski definition) is 3. The summed E-state index contributed by atoms with van der Waals surface area (Å²) in [7, 11) is 0. The summed E-state index contributed by atoms with van der Waals surface area (Å²) in [5.74, 6) is -4.96. The molecule has 12 heteroatoms. The molecule has 2 atom stereocenters. The van der Waals surface area contributed by atoms with Crippen molar-refractivity contribution in [3.63, 3.8) is 0 Å². The molecule has 1 aliphatic rings. The summed E-state index contributed by atoms with van der Waals surface area (Å²) >= 11 is 0. The first-order valence-corrected chi connectivity index (χ1v) is 6.14. The second-order valence-electron chi connectivity index (χ2n) is 4.95. The number of rotatable bonds is 1. The first-order valence-electron chi connectivity index (χ1n) is 6.14. The smallest absolute Gasteiger partial charge is 0.471 e. The number of hydrogen-bond donors (Lipinski definition) is 1. The van der Waals surface area contributed by atoms with Gasteiger partial charge in [-0.05, 0) is 13.3 Å². The van der Waals surface area contributed by atoms with Crippen molar-refractivity contribution in [3.05, 3.63) is 11.8 Å². The molecule has 128 valence electrons. The Morgan fingerprint density at radius 1 is 1.26 bits per heavy atom. The minimum absolute atomic E-state index is 0.0850. The fourth-order valence-corrected chi connectivity index (χ4v) is 2.37. The van der Waals surface area contributed by atoms with E-state index in [1.807, 2.05) is 0 Å². The van der Waals surface area contributed by atoms with E-state index in [0.29, 0.717) is 6.07 Å². The minimum atomic E-state index is -5.32. The van der Waals surface area contributed by atoms with E-state index in [2.05, 4.69) is 5.10 Å². The zero-order valence-corrected chi connectivity index (χ0v) is 11.3. The van der Waals surface area contributed by atoms with Crippen LogP contribution in [0.25, 0.3) is 0 Å². The van der Waals surface area contributed by atoms with Crippen LogP contribution >= 0.6 is 0 Å². The average molecular weight is 345 g/mol. The van der Waals surface area contributed by atoms with Gasteiger partial charge in [0.05, 0.1) is 0 Å². The van der Waals surface area contributed by atoms with Gasteiger partial charge in [-0.15, -0.1) is 0 Å². The SMILES string of the molecule is C[C@@H]1C[C@H](C(F)(F)F)n2nc(C(=O)O)cc2N1C(=O)C(F)(F)F. The van der Waals surface area contributed by atoms with Gasteiger partial charge in [0.1, 0.15) is 5.82 Å². The third-order valence-electron chi connectivity index (χ3n) is 3.32. The van der Waals surface area contributed by atoms with Crippen LogP contribution in [0.2, 0.25) is 0 Å². The number of anilines is 1. The van der Waals surface area contributed by atoms with Crippen molar-refractivity contribution in [2.24, 2.45) is 0 Å². The minimum Gasteiger partial charge on any atom is -0.476 e. The van der Waals surface area contributed by atoms with Gasteiger partial charge in [-0.3, -0.25) is 9.69 Å². The van der Waals surface area contributed by atoms with Gasteiger partial charge in [-0.2, -0.15) is 31.4 Å². The summed E-state index contributed by atoms with van der Waals surface area (Å²) in [6.07, 6.45) is -11.1. The Morgan fingerprint density at radius 2 is 1.83 bits per heavy atom. The Labute approximate surface area is 124 Å². The molecule has 2 rings (SSSR count). The first-order chi connectivity index (χ1) is 10.3. The third-order valence-corrected chi connectivity index (χ3v) is 3.32. The van der Waals surface area contributed by atoms with Crippen LogP contribution in [0.5, 0.6) is 0 Å². The highest BCUT2D eigenvalue weighted by atomic mass is 19.4. The van der Waals surface area contributed by atoms with Gasteiger partial charge in [-0.1, -0.05) is 0 Å². The second-order valence-corrected chi connectivity index (χ2v) is 4.95. The van der Waals surface area contributed by atoms with Crippen LogP contribution in [0.3, 0.4) is 0 Å². The molecule has 0 spiro atoms. The molecule has 0 aromatic carbocycles. The van der Waals surface area contributed by atoms with E-state index in [-0.39, 0.29) is 9.58 Å². The Bertz CT molecular complexity index is 650. The van der Waals surface area contributed by atoms with Crippen molar-refractivity contribution < 1.29 is 41.0 Å². The zero-order chi connectivity index (χ0) is 17.7. The number of carbonyl (C=O) groups is 2. The van der Waals surface area contributed by atoms with Crippen LogP contribution in [0.1, 0.15) is 29.9 Å². The van der Waals surface area contributed by atoms with E-state index in [0.717, 1.165) is 6.92 Å². The lowest BCUT2D eigenvalue weighted by atomic mass is 10.0. The number of carbonyl (C=O) groups excluding carboxylic acids is 1. The molecule has 1 aromatic rings. The van der Waals surface area contributed by atoms with E-state index in [1.54, 1.807) is 0 Å². The summed E-state index contributed by atoms with van der Waals surface area (Å²) in [4.78, 5) is 22.4. The lowest BCUT2D eigenvalue weighted by Gasteiger charge is -2.38. The van der Waals surface area contributed by atoms with E-state index < -0.39 is 54.2 Å². The van der Waals surface area contributed by atoms with E-state index in [1.165, 1.54) is 0 Å². The molecular formula is C11H9F6N3O3. The fourth-order valence-electron chi connectivity index (χ4n) is 2.37. The van der Waals surface area contributed by atoms with Gasteiger partial charge in [0.15, 0.2) is 11.7 Å². The molecule has 1 amide bonds. The molecule has 1 aromatic heterocycles. The van der Waals surface area contributed by atoms with Gasteiger partial charge in [0, 0.05) is 12.1 Å². The van der Waals surface area contributed by atoms with Crippen molar-refractivity contribution in [3.8, 4) is 0 Å². The predicted octanol–water partition coefficient (Wildman–Crippen LogP) is 2.37. The lowest BCUT2D eigenvalue weighted by molar-refractivity contribution is -0.180. The van der Waals surface area contributed by atoms with Crippen LogP contribution in [0.15, 0.2) is 6.07 Å². The van der Waals surface area contributed by atoms with Gasteiger partial charge < -0.3 is 5.11 Å². The highest BCUT2D eigenvalue weighted by Gasteiger charge is 2.53. The van der Waals surface area contributed by atoms with Crippen molar-refractivity contribution >= 4 is 17.7 Å². The number of halogens is 6. The molecule has 0 saturated heterocycles. The highest BCUT2D eigenvalue weighted by molar-refractivity contribution is 5.98. The van der Waals surface area contributed by atoms with Gasteiger partial charge >= 0.3 is 24.2 Å². The number of aromatic nitrogens is 2. The van der Waals surface area contributed by atoms with Gasteiger partial charge in [0.25, 0.3) is 0 Å². The Kier molecular flexibility index (Phi) is 3.81. The Hall–Kier alpha value is -2.27. The monoisotopic (exact) mass is 345 g/mol. The molecule has 0 unspecified atom stereocenters. The molecule has 23 heavy (non-hydrogen) atoms. The lowest BCUT2D eigenvalue weighted by Crippen LogP contribution is -2.52. The number of alkyl halides is 6. The van der Waals surface area contributed by atoms with Crippen LogP contribution < -0.4 is 4.90 Å². The predicted molar refractivity (Wildman–Crippen MR) is 61.9 cm³/mol. The molecule has 1 aliphatic heterocycles. The number of amides is 1. The maximum atomic E-state index is 13.0. The zero-order valence-electron chi connectivity index (χ0n) is 11.3. The highest BCUT2D eigenvalue weighted by Crippen LogP contribution is 2.42. The number of fused-ring (bicyclic) bond motifs is 1. The van der Waals surface area contributed by atoms with Crippen LogP contribution in [-0.2, 0) is 4.79 Å². The maximum absolute atomic E-state index is 13.0. The molecule has 0 radical (unpaired) electrons. The normalized spacial score (nSPS) is 22.0. The fraction of sp³-hybridized carbons (Fsp3) is 0.545. The number of nitrogens with zero attached hydrogens (tertiary/aromatic N) is 3. The number of aromatic carboxylic acids is 1. The molecule has 0 bridgehead atoms. The number of carboxylic acids is 1. The standard InChI is InChI=1S/C11H9F6N3O3/c1-4-2-6(10(12,13)14)20-7(3-5(18-20)8(21)22)19(4)9(23)11(15,16)17/h3-4,6H,2H2,1H3,(H,21,22)/t4-,6-/m1/s1. The van der Waals surface area contributed by atoms with Crippen molar-refractivity contribution in [2.75, 3.05) is 4.90 Å². The summed E-state index contributed by atoms with van der Waals surface area (Å²) in [6.45, 7) is 1.01. The summed E-state index contributed by atoms with van der Waals surface area (Å²) in [6, 6.07) is -3.25. The largest absolute Gasteiger partial charge is 0.476 e. The van der Waals surface area contributed by atoms with E-state index in [9.17, 15) is 35.9 Å². The molecule has 0 fully saturated rings. The molecule has 2 heterocycles. The van der Waals surface area contributed by atoms with Gasteiger partial charge in [0.2, 0.25) is 0 Å². The Balaban J connectivity index is 2.61. The van der Waals surface area contributed by atoms with Crippen molar-refractivity contribution in [1.82, 2.24) is 9.78 Å². The average Bonchev–Trinajstić information content (AvgIpc) is 2.79. The molecule has 0 saturated carbocycles. The molecular weight excluding hydrogens is 336 g/mol. The van der Waals surface area contributed by atoms with Crippen molar-refractivity contribution in [1.29, 1.82) is 0 Å². The first kappa shape index (κ1) is 17.1. The topological polar surface area (TPSA) is 75.4 Å². The summed E-state index contributed by atoms with van der Waals surface area (Å²) < 4.78 is 77.1. The third kappa shape index (κ3) is 2.97. The van der Waals surface area contributed by atoms with Gasteiger partial charge in [-0.25, -0.2) is 9.48 Å². The Morgan fingerprint density at radius 3 is 2.26 bits per heavy atom. The van der Waals surface area contributed by atoms with Crippen LogP contribution in [0, 0.1) is 0 Å². The molecule has 0 aliphatic carbocycles. The summed E-state index contributed by atoms with van der Waals surface area (Å²) in [5.41, 5.74) is -0.886.